The van der Waals surface area contributed by atoms with Crippen molar-refractivity contribution in [1.29, 1.82) is 0 Å². The third-order valence-electron chi connectivity index (χ3n) is 4.82. The van der Waals surface area contributed by atoms with Crippen molar-refractivity contribution < 1.29 is 4.79 Å². The average molecular weight is 273 g/mol. The predicted octanol–water partition coefficient (Wildman–Crippen LogP) is 3.51. The zero-order valence-corrected chi connectivity index (χ0v) is 13.0. The van der Waals surface area contributed by atoms with E-state index >= 15 is 0 Å². The maximum absolute atomic E-state index is 11.6. The number of nitrogens with zero attached hydrogens (tertiary/aromatic N) is 1. The number of piperidine rings is 1. The Labute approximate surface area is 123 Å². The highest BCUT2D eigenvalue weighted by molar-refractivity contribution is 5.68. The molecule has 20 heavy (non-hydrogen) atoms. The zero-order valence-electron chi connectivity index (χ0n) is 13.0. The molecule has 2 heteroatoms. The van der Waals surface area contributed by atoms with Gasteiger partial charge in [-0.3, -0.25) is 0 Å². The second-order valence-electron chi connectivity index (χ2n) is 6.76. The van der Waals surface area contributed by atoms with Crippen LogP contribution in [-0.4, -0.2) is 30.8 Å². The molecule has 1 aromatic rings. The highest BCUT2D eigenvalue weighted by Crippen LogP contribution is 2.28. The molecule has 1 heterocycles. The molecule has 0 bridgehead atoms. The van der Waals surface area contributed by atoms with Crippen LogP contribution in [0.15, 0.2) is 30.3 Å². The van der Waals surface area contributed by atoms with Gasteiger partial charge in [-0.1, -0.05) is 44.2 Å². The second-order valence-corrected chi connectivity index (χ2v) is 6.76. The summed E-state index contributed by atoms with van der Waals surface area (Å²) in [6.45, 7) is 9.78. The largest absolute Gasteiger partial charge is 0.302 e. The molecule has 0 N–H and O–H groups in total. The van der Waals surface area contributed by atoms with Gasteiger partial charge in [-0.25, -0.2) is 0 Å². The van der Waals surface area contributed by atoms with Gasteiger partial charge in [0.15, 0.2) is 0 Å². The molecule has 2 rings (SSSR count). The molecule has 1 unspecified atom stereocenters. The lowest BCUT2D eigenvalue weighted by Gasteiger charge is -2.38. The van der Waals surface area contributed by atoms with E-state index in [0.29, 0.717) is 0 Å². The molecule has 1 aliphatic heterocycles. The van der Waals surface area contributed by atoms with Gasteiger partial charge in [0.05, 0.1) is 5.41 Å². The summed E-state index contributed by atoms with van der Waals surface area (Å²) in [5.74, 6) is 1.63. The Hall–Kier alpha value is -1.15. The Morgan fingerprint density at radius 1 is 1.25 bits per heavy atom. The van der Waals surface area contributed by atoms with Gasteiger partial charge in [0.1, 0.15) is 6.29 Å². The molecule has 1 atom stereocenters. The van der Waals surface area contributed by atoms with Crippen molar-refractivity contribution in [3.8, 4) is 0 Å². The van der Waals surface area contributed by atoms with E-state index in [0.717, 1.165) is 43.3 Å². The van der Waals surface area contributed by atoms with Gasteiger partial charge in [-0.15, -0.1) is 0 Å². The van der Waals surface area contributed by atoms with Gasteiger partial charge in [0.25, 0.3) is 0 Å². The first-order valence-corrected chi connectivity index (χ1v) is 7.79. The lowest BCUT2D eigenvalue weighted by Crippen LogP contribution is -2.44. The Morgan fingerprint density at radius 2 is 1.85 bits per heavy atom. The van der Waals surface area contributed by atoms with Gasteiger partial charge < -0.3 is 9.69 Å². The van der Waals surface area contributed by atoms with Crippen molar-refractivity contribution in [2.75, 3.05) is 19.6 Å². The molecule has 110 valence electrons. The highest BCUT2D eigenvalue weighted by Gasteiger charge is 2.31. The van der Waals surface area contributed by atoms with E-state index in [1.54, 1.807) is 0 Å². The summed E-state index contributed by atoms with van der Waals surface area (Å²) in [5, 5.41) is 0. The van der Waals surface area contributed by atoms with Crippen LogP contribution in [0.5, 0.6) is 0 Å². The minimum absolute atomic E-state index is 0.383. The maximum atomic E-state index is 11.6. The molecular formula is C18H27NO. The number of carbonyl (C=O) groups is 1. The quantitative estimate of drug-likeness (QED) is 0.765. The van der Waals surface area contributed by atoms with Crippen molar-refractivity contribution in [3.63, 3.8) is 0 Å². The van der Waals surface area contributed by atoms with E-state index < -0.39 is 0 Å². The summed E-state index contributed by atoms with van der Waals surface area (Å²) in [6.07, 6.45) is 3.65. The number of likely N-dealkylation sites (tertiary alicyclic amines) is 1. The van der Waals surface area contributed by atoms with Gasteiger partial charge >= 0.3 is 0 Å². The predicted molar refractivity (Wildman–Crippen MR) is 83.9 cm³/mol. The molecule has 0 saturated carbocycles. The summed E-state index contributed by atoms with van der Waals surface area (Å²) in [4.78, 5) is 14.1. The Bertz CT molecular complexity index is 420. The van der Waals surface area contributed by atoms with Crippen molar-refractivity contribution in [2.45, 2.75) is 39.0 Å². The van der Waals surface area contributed by atoms with E-state index in [4.69, 9.17) is 0 Å². The van der Waals surface area contributed by atoms with E-state index in [2.05, 4.69) is 37.8 Å². The molecule has 0 amide bonds. The Balaban J connectivity index is 2.00. The smallest absolute Gasteiger partial charge is 0.131 e. The van der Waals surface area contributed by atoms with E-state index in [-0.39, 0.29) is 5.41 Å². The number of carbonyl (C=O) groups excluding carboxylic acids is 1. The molecule has 0 aromatic heterocycles. The van der Waals surface area contributed by atoms with Crippen LogP contribution in [0.1, 0.15) is 39.2 Å². The lowest BCUT2D eigenvalue weighted by atomic mass is 9.81. The fraction of sp³-hybridized carbons (Fsp3) is 0.611. The zero-order chi connectivity index (χ0) is 14.6. The normalized spacial score (nSPS) is 20.8. The van der Waals surface area contributed by atoms with Crippen LogP contribution in [0.2, 0.25) is 0 Å². The monoisotopic (exact) mass is 273 g/mol. The molecule has 0 radical (unpaired) electrons. The summed E-state index contributed by atoms with van der Waals surface area (Å²) in [7, 11) is 0. The molecule has 1 aromatic carbocycles. The highest BCUT2D eigenvalue weighted by atomic mass is 16.1. The average Bonchev–Trinajstić information content (AvgIpc) is 2.48. The number of hydrogen-bond acceptors (Lipinski definition) is 2. The standard InChI is InChI=1S/C18H27NO/c1-15(2)16-9-11-19(12-10-16)13-18(3,14-20)17-7-5-4-6-8-17/h4-8,14-16H,9-13H2,1-3H3. The first-order valence-electron chi connectivity index (χ1n) is 7.79. The van der Waals surface area contributed by atoms with E-state index in [1.807, 2.05) is 18.2 Å². The van der Waals surface area contributed by atoms with Crippen LogP contribution in [0.25, 0.3) is 0 Å². The number of aldehydes is 1. The lowest BCUT2D eigenvalue weighted by molar-refractivity contribution is -0.113. The van der Waals surface area contributed by atoms with Gasteiger partial charge in [0.2, 0.25) is 0 Å². The Morgan fingerprint density at radius 3 is 2.35 bits per heavy atom. The molecule has 1 aliphatic rings. The van der Waals surface area contributed by atoms with Crippen LogP contribution < -0.4 is 0 Å². The van der Waals surface area contributed by atoms with Crippen LogP contribution in [0.3, 0.4) is 0 Å². The summed E-state index contributed by atoms with van der Waals surface area (Å²) in [6, 6.07) is 10.2. The first kappa shape index (κ1) is 15.2. The Kier molecular flexibility index (Phi) is 4.98. The SMILES string of the molecule is CC(C)C1CCN(CC(C)(C=O)c2ccccc2)CC1. The van der Waals surface area contributed by atoms with Crippen molar-refractivity contribution >= 4 is 6.29 Å². The van der Waals surface area contributed by atoms with Crippen LogP contribution in [-0.2, 0) is 10.2 Å². The topological polar surface area (TPSA) is 20.3 Å². The van der Waals surface area contributed by atoms with Crippen LogP contribution in [0, 0.1) is 11.8 Å². The van der Waals surface area contributed by atoms with Crippen LogP contribution in [0.4, 0.5) is 0 Å². The van der Waals surface area contributed by atoms with E-state index in [9.17, 15) is 4.79 Å². The van der Waals surface area contributed by atoms with Gasteiger partial charge in [-0.05, 0) is 50.3 Å². The summed E-state index contributed by atoms with van der Waals surface area (Å²) < 4.78 is 0. The maximum Gasteiger partial charge on any atom is 0.131 e. The molecule has 0 spiro atoms. The summed E-state index contributed by atoms with van der Waals surface area (Å²) >= 11 is 0. The van der Waals surface area contributed by atoms with E-state index in [1.165, 1.54) is 12.8 Å². The minimum Gasteiger partial charge on any atom is -0.302 e. The molecule has 2 nitrogen and oxygen atoms in total. The first-order chi connectivity index (χ1) is 9.55. The molecular weight excluding hydrogens is 246 g/mol. The minimum atomic E-state index is -0.383. The van der Waals surface area contributed by atoms with Crippen molar-refractivity contribution in [2.24, 2.45) is 11.8 Å². The molecule has 1 saturated heterocycles. The fourth-order valence-corrected chi connectivity index (χ4v) is 3.26. The van der Waals surface area contributed by atoms with Gasteiger partial charge in [0, 0.05) is 6.54 Å². The number of rotatable bonds is 5. The van der Waals surface area contributed by atoms with Crippen LogP contribution >= 0.6 is 0 Å². The third-order valence-corrected chi connectivity index (χ3v) is 4.82. The fourth-order valence-electron chi connectivity index (χ4n) is 3.26. The van der Waals surface area contributed by atoms with Crippen molar-refractivity contribution in [1.82, 2.24) is 4.90 Å². The molecule has 0 aliphatic carbocycles. The second kappa shape index (κ2) is 6.53. The van der Waals surface area contributed by atoms with Crippen molar-refractivity contribution in [3.05, 3.63) is 35.9 Å². The number of hydrogen-bond donors (Lipinski definition) is 0. The third kappa shape index (κ3) is 3.49. The number of benzene rings is 1. The van der Waals surface area contributed by atoms with Gasteiger partial charge in [-0.2, -0.15) is 0 Å². The summed E-state index contributed by atoms with van der Waals surface area (Å²) in [5.41, 5.74) is 0.743. The molecule has 1 fully saturated rings.